The Bertz CT molecular complexity index is 604. The van der Waals surface area contributed by atoms with Gasteiger partial charge in [0.15, 0.2) is 11.6 Å². The zero-order chi connectivity index (χ0) is 12.5. The van der Waals surface area contributed by atoms with Crippen molar-refractivity contribution in [1.82, 2.24) is 14.8 Å². The van der Waals surface area contributed by atoms with Gasteiger partial charge in [0.1, 0.15) is 18.7 Å². The molecule has 0 radical (unpaired) electrons. The van der Waals surface area contributed by atoms with Gasteiger partial charge in [-0.1, -0.05) is 12.1 Å². The van der Waals surface area contributed by atoms with Crippen molar-refractivity contribution < 1.29 is 9.53 Å². The molecular weight excluding hydrogens is 230 g/mol. The first-order valence-electron chi connectivity index (χ1n) is 5.86. The zero-order valence-corrected chi connectivity index (χ0v) is 10.1. The number of aromatic nitrogens is 3. The van der Waals surface area contributed by atoms with Gasteiger partial charge in [-0.05, 0) is 12.5 Å². The van der Waals surface area contributed by atoms with Crippen LogP contribution in [0.5, 0.6) is 5.75 Å². The Hall–Kier alpha value is -2.17. The van der Waals surface area contributed by atoms with Gasteiger partial charge in [0.2, 0.25) is 0 Å². The second kappa shape index (κ2) is 4.25. The molecule has 0 saturated heterocycles. The van der Waals surface area contributed by atoms with Gasteiger partial charge in [0.05, 0.1) is 0 Å². The average molecular weight is 243 g/mol. The third-order valence-corrected chi connectivity index (χ3v) is 3.20. The van der Waals surface area contributed by atoms with Crippen LogP contribution in [0, 0.1) is 0 Å². The number of fused-ring (bicyclic) bond motifs is 1. The van der Waals surface area contributed by atoms with Crippen molar-refractivity contribution in [2.24, 2.45) is 7.05 Å². The van der Waals surface area contributed by atoms with E-state index in [1.54, 1.807) is 4.68 Å². The number of hydrogen-bond donors (Lipinski definition) is 0. The predicted octanol–water partition coefficient (Wildman–Crippen LogP) is 1.52. The summed E-state index contributed by atoms with van der Waals surface area (Å²) in [5.41, 5.74) is 1.81. The van der Waals surface area contributed by atoms with Gasteiger partial charge in [-0.15, -0.1) is 0 Å². The summed E-state index contributed by atoms with van der Waals surface area (Å²) in [5, 5.41) is 3.98. The number of nitrogens with zero attached hydrogens (tertiary/aromatic N) is 3. The Morgan fingerprint density at radius 2 is 2.28 bits per heavy atom. The molecule has 1 aromatic heterocycles. The molecule has 1 aliphatic carbocycles. The van der Waals surface area contributed by atoms with Crippen LogP contribution in [0.15, 0.2) is 24.5 Å². The Morgan fingerprint density at radius 3 is 3.06 bits per heavy atom. The Morgan fingerprint density at radius 1 is 1.39 bits per heavy atom. The molecule has 5 nitrogen and oxygen atoms in total. The number of carbonyl (C=O) groups is 1. The topological polar surface area (TPSA) is 57.0 Å². The molecule has 0 spiro atoms. The number of hydrogen-bond acceptors (Lipinski definition) is 4. The van der Waals surface area contributed by atoms with E-state index < -0.39 is 0 Å². The summed E-state index contributed by atoms with van der Waals surface area (Å²) in [4.78, 5) is 15.7. The first kappa shape index (κ1) is 11.0. The number of benzene rings is 1. The molecule has 1 aliphatic rings. The van der Waals surface area contributed by atoms with Crippen LogP contribution in [0.1, 0.15) is 28.2 Å². The molecule has 2 aromatic rings. The van der Waals surface area contributed by atoms with Crippen molar-refractivity contribution in [3.8, 4) is 5.75 Å². The van der Waals surface area contributed by atoms with Gasteiger partial charge < -0.3 is 4.74 Å². The van der Waals surface area contributed by atoms with Crippen LogP contribution in [0.25, 0.3) is 0 Å². The number of Topliss-reactive ketones (excluding diaryl/α,β-unsaturated/α-hetero) is 1. The summed E-state index contributed by atoms with van der Waals surface area (Å²) in [5.74, 6) is 1.74. The summed E-state index contributed by atoms with van der Waals surface area (Å²) in [6.07, 6.45) is 2.85. The van der Waals surface area contributed by atoms with Crippen molar-refractivity contribution in [2.75, 3.05) is 0 Å². The minimum absolute atomic E-state index is 0.203. The largest absolute Gasteiger partial charge is 0.485 e. The highest BCUT2D eigenvalue weighted by Crippen LogP contribution is 2.30. The molecule has 0 amide bonds. The van der Waals surface area contributed by atoms with Gasteiger partial charge in [-0.25, -0.2) is 4.98 Å². The Labute approximate surface area is 104 Å². The highest BCUT2D eigenvalue weighted by atomic mass is 16.5. The van der Waals surface area contributed by atoms with E-state index in [0.717, 1.165) is 29.1 Å². The summed E-state index contributed by atoms with van der Waals surface area (Å²) in [7, 11) is 1.82. The second-order valence-electron chi connectivity index (χ2n) is 4.29. The van der Waals surface area contributed by atoms with Gasteiger partial charge in [-0.3, -0.25) is 9.48 Å². The fourth-order valence-corrected chi connectivity index (χ4v) is 2.19. The highest BCUT2D eigenvalue weighted by Gasteiger charge is 2.22. The van der Waals surface area contributed by atoms with Crippen LogP contribution < -0.4 is 4.74 Å². The van der Waals surface area contributed by atoms with Crippen molar-refractivity contribution in [2.45, 2.75) is 19.4 Å². The minimum Gasteiger partial charge on any atom is -0.485 e. The molecule has 0 aliphatic heterocycles. The number of ketones is 1. The van der Waals surface area contributed by atoms with E-state index in [4.69, 9.17) is 4.74 Å². The van der Waals surface area contributed by atoms with Crippen LogP contribution in [0.4, 0.5) is 0 Å². The van der Waals surface area contributed by atoms with E-state index >= 15 is 0 Å². The van der Waals surface area contributed by atoms with Crippen LogP contribution >= 0.6 is 0 Å². The van der Waals surface area contributed by atoms with Crippen LogP contribution in [0.2, 0.25) is 0 Å². The molecule has 92 valence electrons. The van der Waals surface area contributed by atoms with Crippen molar-refractivity contribution >= 4 is 5.78 Å². The van der Waals surface area contributed by atoms with Gasteiger partial charge in [0, 0.05) is 24.6 Å². The maximum absolute atomic E-state index is 11.6. The monoisotopic (exact) mass is 243 g/mol. The lowest BCUT2D eigenvalue weighted by Crippen LogP contribution is -2.05. The molecule has 0 saturated carbocycles. The molecule has 1 heterocycles. The molecule has 0 unspecified atom stereocenters. The average Bonchev–Trinajstić information content (AvgIpc) is 2.95. The van der Waals surface area contributed by atoms with Crippen molar-refractivity contribution in [3.63, 3.8) is 0 Å². The number of carbonyl (C=O) groups excluding carboxylic acids is 1. The molecule has 5 heteroatoms. The fraction of sp³-hybridized carbons (Fsp3) is 0.308. The SMILES string of the molecule is Cn1ncnc1COc1cccc2c1CCC2=O. The Balaban J connectivity index is 1.82. The van der Waals surface area contributed by atoms with Crippen LogP contribution in [0.3, 0.4) is 0 Å². The normalized spacial score (nSPS) is 13.7. The third kappa shape index (κ3) is 1.77. The molecule has 0 bridgehead atoms. The van der Waals surface area contributed by atoms with E-state index in [9.17, 15) is 4.79 Å². The van der Waals surface area contributed by atoms with E-state index in [1.807, 2.05) is 25.2 Å². The van der Waals surface area contributed by atoms with Crippen LogP contribution in [-0.2, 0) is 20.1 Å². The fourth-order valence-electron chi connectivity index (χ4n) is 2.19. The molecule has 0 N–H and O–H groups in total. The lowest BCUT2D eigenvalue weighted by molar-refractivity contribution is 0.0994. The van der Waals surface area contributed by atoms with Crippen molar-refractivity contribution in [1.29, 1.82) is 0 Å². The minimum atomic E-state index is 0.203. The van der Waals surface area contributed by atoms with E-state index in [2.05, 4.69) is 10.1 Å². The number of ether oxygens (including phenoxy) is 1. The molecule has 0 atom stereocenters. The zero-order valence-electron chi connectivity index (χ0n) is 10.1. The van der Waals surface area contributed by atoms with Crippen LogP contribution in [-0.4, -0.2) is 20.5 Å². The maximum atomic E-state index is 11.6. The molecule has 1 aromatic carbocycles. The highest BCUT2D eigenvalue weighted by molar-refractivity contribution is 6.01. The first-order valence-corrected chi connectivity index (χ1v) is 5.86. The molecular formula is C13H13N3O2. The summed E-state index contributed by atoms with van der Waals surface area (Å²) in [6, 6.07) is 5.61. The second-order valence-corrected chi connectivity index (χ2v) is 4.29. The van der Waals surface area contributed by atoms with Gasteiger partial charge in [0.25, 0.3) is 0 Å². The molecule has 3 rings (SSSR count). The quantitative estimate of drug-likeness (QED) is 0.820. The molecule has 18 heavy (non-hydrogen) atoms. The lowest BCUT2D eigenvalue weighted by atomic mass is 10.1. The summed E-state index contributed by atoms with van der Waals surface area (Å²) < 4.78 is 7.42. The maximum Gasteiger partial charge on any atom is 0.164 e. The number of aryl methyl sites for hydroxylation is 1. The number of rotatable bonds is 3. The van der Waals surface area contributed by atoms with E-state index in [-0.39, 0.29) is 5.78 Å². The van der Waals surface area contributed by atoms with Gasteiger partial charge in [-0.2, -0.15) is 5.10 Å². The summed E-state index contributed by atoms with van der Waals surface area (Å²) in [6.45, 7) is 0.362. The van der Waals surface area contributed by atoms with E-state index in [1.165, 1.54) is 6.33 Å². The standard InChI is InChI=1S/C13H13N3O2/c1-16-13(14-8-15-16)7-18-12-4-2-3-9-10(12)5-6-11(9)17/h2-4,8H,5-7H2,1H3. The smallest absolute Gasteiger partial charge is 0.164 e. The Kier molecular flexibility index (Phi) is 2.59. The lowest BCUT2D eigenvalue weighted by Gasteiger charge is -2.09. The third-order valence-electron chi connectivity index (χ3n) is 3.20. The van der Waals surface area contributed by atoms with Gasteiger partial charge >= 0.3 is 0 Å². The first-order chi connectivity index (χ1) is 8.75. The molecule has 0 fully saturated rings. The van der Waals surface area contributed by atoms with E-state index in [0.29, 0.717) is 13.0 Å². The predicted molar refractivity (Wildman–Crippen MR) is 64.4 cm³/mol. The van der Waals surface area contributed by atoms with Crippen molar-refractivity contribution in [3.05, 3.63) is 41.5 Å². The summed E-state index contributed by atoms with van der Waals surface area (Å²) >= 11 is 0.